The van der Waals surface area contributed by atoms with Gasteiger partial charge in [-0.3, -0.25) is 0 Å². The molecule has 0 aliphatic heterocycles. The normalized spacial score (nSPS) is 25.2. The van der Waals surface area contributed by atoms with E-state index in [4.69, 9.17) is 0 Å². The second kappa shape index (κ2) is 7.35. The first-order chi connectivity index (χ1) is 9.22. The molecule has 0 radical (unpaired) electrons. The molecule has 2 rings (SSSR count). The van der Waals surface area contributed by atoms with E-state index < -0.39 is 0 Å². The van der Waals surface area contributed by atoms with Gasteiger partial charge in [-0.2, -0.15) is 0 Å². The minimum absolute atomic E-state index is 0.444. The van der Waals surface area contributed by atoms with Crippen molar-refractivity contribution in [2.45, 2.75) is 62.1 Å². The van der Waals surface area contributed by atoms with Crippen molar-refractivity contribution in [1.29, 1.82) is 0 Å². The first-order valence-electron chi connectivity index (χ1n) is 7.66. The van der Waals surface area contributed by atoms with Crippen LogP contribution in [0.15, 0.2) is 29.2 Å². The van der Waals surface area contributed by atoms with E-state index in [9.17, 15) is 0 Å². The zero-order valence-corrected chi connectivity index (χ0v) is 13.3. The Labute approximate surface area is 122 Å². The van der Waals surface area contributed by atoms with Gasteiger partial charge in [-0.05, 0) is 63.3 Å². The Hall–Kier alpha value is -0.470. The Balaban J connectivity index is 1.86. The van der Waals surface area contributed by atoms with Gasteiger partial charge in [0.05, 0.1) is 0 Å². The van der Waals surface area contributed by atoms with Gasteiger partial charge in [-0.15, -0.1) is 11.8 Å². The van der Waals surface area contributed by atoms with Crippen molar-refractivity contribution in [3.05, 3.63) is 29.8 Å². The summed E-state index contributed by atoms with van der Waals surface area (Å²) >= 11 is 2.08. The van der Waals surface area contributed by atoms with Crippen molar-refractivity contribution in [3.63, 3.8) is 0 Å². The molecule has 1 N–H and O–H groups in total. The highest BCUT2D eigenvalue weighted by atomic mass is 32.2. The molecular weight excluding hydrogens is 250 g/mol. The zero-order valence-electron chi connectivity index (χ0n) is 12.5. The summed E-state index contributed by atoms with van der Waals surface area (Å²) in [6.07, 6.45) is 7.04. The predicted octanol–water partition coefficient (Wildman–Crippen LogP) is 5.03. The molecule has 106 valence electrons. The molecule has 19 heavy (non-hydrogen) atoms. The fraction of sp³-hybridized carbons (Fsp3) is 0.647. The molecule has 0 aromatic heterocycles. The zero-order chi connectivity index (χ0) is 13.7. The maximum absolute atomic E-state index is 3.29. The van der Waals surface area contributed by atoms with Crippen LogP contribution < -0.4 is 5.32 Å². The number of hydrogen-bond donors (Lipinski definition) is 1. The molecule has 1 aliphatic rings. The third kappa shape index (κ3) is 4.25. The van der Waals surface area contributed by atoms with Gasteiger partial charge < -0.3 is 5.32 Å². The minimum atomic E-state index is 0.444. The number of rotatable bonds is 5. The van der Waals surface area contributed by atoms with Crippen LogP contribution in [0.2, 0.25) is 0 Å². The number of benzene rings is 1. The van der Waals surface area contributed by atoms with E-state index in [1.54, 1.807) is 0 Å². The topological polar surface area (TPSA) is 12.0 Å². The van der Waals surface area contributed by atoms with Gasteiger partial charge in [0, 0.05) is 16.2 Å². The molecule has 1 aromatic rings. The molecule has 0 bridgehead atoms. The Bertz CT molecular complexity index is 365. The van der Waals surface area contributed by atoms with Crippen molar-refractivity contribution in [2.24, 2.45) is 5.92 Å². The summed E-state index contributed by atoms with van der Waals surface area (Å²) in [4.78, 5) is 1.44. The van der Waals surface area contributed by atoms with Crippen LogP contribution >= 0.6 is 11.8 Å². The van der Waals surface area contributed by atoms with Gasteiger partial charge in [0.15, 0.2) is 0 Å². The van der Waals surface area contributed by atoms with Crippen molar-refractivity contribution in [2.75, 3.05) is 7.05 Å². The van der Waals surface area contributed by atoms with Crippen LogP contribution in [0.5, 0.6) is 0 Å². The molecule has 2 heteroatoms. The summed E-state index contributed by atoms with van der Waals surface area (Å²) in [6, 6.07) is 9.56. The van der Waals surface area contributed by atoms with Crippen LogP contribution in [0.25, 0.3) is 0 Å². The predicted molar refractivity (Wildman–Crippen MR) is 85.8 cm³/mol. The summed E-state index contributed by atoms with van der Waals surface area (Å²) < 4.78 is 0. The van der Waals surface area contributed by atoms with Crippen LogP contribution in [0.1, 0.15) is 57.6 Å². The van der Waals surface area contributed by atoms with Crippen molar-refractivity contribution < 1.29 is 0 Å². The van der Waals surface area contributed by atoms with E-state index >= 15 is 0 Å². The summed E-state index contributed by atoms with van der Waals surface area (Å²) in [5.41, 5.74) is 1.38. The van der Waals surface area contributed by atoms with Gasteiger partial charge in [0.25, 0.3) is 0 Å². The Kier molecular flexibility index (Phi) is 5.77. The van der Waals surface area contributed by atoms with Crippen molar-refractivity contribution in [1.82, 2.24) is 5.32 Å². The van der Waals surface area contributed by atoms with Gasteiger partial charge in [-0.1, -0.05) is 25.5 Å². The molecule has 1 unspecified atom stereocenters. The lowest BCUT2D eigenvalue weighted by Crippen LogP contribution is -2.15. The number of thioether (sulfide) groups is 1. The van der Waals surface area contributed by atoms with Crippen LogP contribution in [0.3, 0.4) is 0 Å². The highest BCUT2D eigenvalue weighted by molar-refractivity contribution is 8.00. The summed E-state index contributed by atoms with van der Waals surface area (Å²) in [5.74, 6) is 0.996. The molecule has 0 amide bonds. The van der Waals surface area contributed by atoms with Gasteiger partial charge in [0.1, 0.15) is 0 Å². The molecule has 1 aliphatic carbocycles. The van der Waals surface area contributed by atoms with Gasteiger partial charge >= 0.3 is 0 Å². The van der Waals surface area contributed by atoms with E-state index in [1.165, 1.54) is 42.6 Å². The smallest absolute Gasteiger partial charge is 0.0289 e. The monoisotopic (exact) mass is 277 g/mol. The molecule has 0 spiro atoms. The number of nitrogens with one attached hydrogen (secondary N) is 1. The first-order valence-corrected chi connectivity index (χ1v) is 8.54. The summed E-state index contributed by atoms with van der Waals surface area (Å²) in [7, 11) is 2.01. The van der Waals surface area contributed by atoms with Gasteiger partial charge in [-0.25, -0.2) is 0 Å². The Morgan fingerprint density at radius 1 is 1.16 bits per heavy atom. The lowest BCUT2D eigenvalue weighted by Gasteiger charge is -2.27. The second-order valence-corrected chi connectivity index (χ2v) is 7.12. The molecule has 1 nitrogen and oxygen atoms in total. The van der Waals surface area contributed by atoms with Crippen LogP contribution in [-0.2, 0) is 0 Å². The SMILES string of the molecule is CCC1CCC(Sc2ccc(C(C)NC)cc2)CC1. The third-order valence-corrected chi connectivity index (χ3v) is 5.84. The van der Waals surface area contributed by atoms with E-state index in [0.29, 0.717) is 6.04 Å². The molecule has 1 saturated carbocycles. The van der Waals surface area contributed by atoms with E-state index in [1.807, 2.05) is 7.05 Å². The van der Waals surface area contributed by atoms with Gasteiger partial charge in [0.2, 0.25) is 0 Å². The molecule has 1 fully saturated rings. The van der Waals surface area contributed by atoms with Crippen LogP contribution in [0.4, 0.5) is 0 Å². The van der Waals surface area contributed by atoms with Crippen LogP contribution in [0, 0.1) is 5.92 Å². The highest BCUT2D eigenvalue weighted by Gasteiger charge is 2.20. The standard InChI is InChI=1S/C17H27NS/c1-4-14-5-9-16(10-6-14)19-17-11-7-15(8-12-17)13(2)18-3/h7-8,11-14,16,18H,4-6,9-10H2,1-3H3. The first kappa shape index (κ1) is 14.9. The number of hydrogen-bond acceptors (Lipinski definition) is 2. The summed E-state index contributed by atoms with van der Waals surface area (Å²) in [5, 5.41) is 4.13. The molecular formula is C17H27NS. The minimum Gasteiger partial charge on any atom is -0.313 e. The fourth-order valence-electron chi connectivity index (χ4n) is 2.85. The largest absolute Gasteiger partial charge is 0.313 e. The maximum Gasteiger partial charge on any atom is 0.0289 e. The van der Waals surface area contributed by atoms with Crippen molar-refractivity contribution in [3.8, 4) is 0 Å². The van der Waals surface area contributed by atoms with Crippen molar-refractivity contribution >= 4 is 11.8 Å². The Morgan fingerprint density at radius 3 is 2.32 bits per heavy atom. The molecule has 0 heterocycles. The maximum atomic E-state index is 3.29. The average molecular weight is 277 g/mol. The molecule has 0 saturated heterocycles. The highest BCUT2D eigenvalue weighted by Crippen LogP contribution is 2.37. The Morgan fingerprint density at radius 2 is 1.79 bits per heavy atom. The molecule has 1 aromatic carbocycles. The average Bonchev–Trinajstić information content (AvgIpc) is 2.48. The van der Waals surface area contributed by atoms with E-state index in [-0.39, 0.29) is 0 Å². The second-order valence-electron chi connectivity index (χ2n) is 5.75. The van der Waals surface area contributed by atoms with E-state index in [2.05, 4.69) is 55.2 Å². The quantitative estimate of drug-likeness (QED) is 0.810. The lowest BCUT2D eigenvalue weighted by atomic mass is 9.87. The van der Waals surface area contributed by atoms with E-state index in [0.717, 1.165) is 11.2 Å². The fourth-order valence-corrected chi connectivity index (χ4v) is 4.04. The summed E-state index contributed by atoms with van der Waals surface area (Å²) in [6.45, 7) is 4.54. The third-order valence-electron chi connectivity index (χ3n) is 4.49. The molecule has 1 atom stereocenters. The lowest BCUT2D eigenvalue weighted by molar-refractivity contribution is 0.356. The van der Waals surface area contributed by atoms with Crippen LogP contribution in [-0.4, -0.2) is 12.3 Å².